The van der Waals surface area contributed by atoms with Crippen LogP contribution in [0.15, 0.2) is 91.0 Å². The summed E-state index contributed by atoms with van der Waals surface area (Å²) in [6.07, 6.45) is 0.712. The average molecular weight is 619 g/mol. The van der Waals surface area contributed by atoms with Crippen LogP contribution >= 0.6 is 23.2 Å². The smallest absolute Gasteiger partial charge is 0.323 e. The number of methoxy groups -OCH3 is 1. The number of carbonyl (C=O) groups excluding carboxylic acids is 2. The number of hydrogen-bond acceptors (Lipinski definition) is 5. The van der Waals surface area contributed by atoms with E-state index in [1.807, 2.05) is 54.6 Å². The molecular formula is C33H33Cl2N5O3. The molecule has 1 aliphatic rings. The molecule has 0 unspecified atom stereocenters. The Kier molecular flexibility index (Phi) is 9.92. The molecular weight excluding hydrogens is 585 g/mol. The van der Waals surface area contributed by atoms with Gasteiger partial charge in [0.15, 0.2) is 0 Å². The molecule has 43 heavy (non-hydrogen) atoms. The third-order valence-corrected chi connectivity index (χ3v) is 8.00. The normalized spacial score (nSPS) is 12.9. The van der Waals surface area contributed by atoms with E-state index in [0.29, 0.717) is 53.0 Å². The van der Waals surface area contributed by atoms with Gasteiger partial charge in [-0.05, 0) is 60.5 Å². The maximum atomic E-state index is 13.5. The summed E-state index contributed by atoms with van der Waals surface area (Å²) >= 11 is 12.1. The summed E-state index contributed by atoms with van der Waals surface area (Å²) in [6, 6.07) is 27.8. The molecule has 1 saturated heterocycles. The molecule has 1 fully saturated rings. The van der Waals surface area contributed by atoms with Crippen molar-refractivity contribution in [2.75, 3.05) is 60.3 Å². The fourth-order valence-corrected chi connectivity index (χ4v) is 5.38. The van der Waals surface area contributed by atoms with Crippen LogP contribution < -0.4 is 30.5 Å². The van der Waals surface area contributed by atoms with Crippen LogP contribution in [0.3, 0.4) is 0 Å². The molecule has 5 rings (SSSR count). The van der Waals surface area contributed by atoms with Crippen LogP contribution in [0.25, 0.3) is 0 Å². The Morgan fingerprint density at radius 1 is 0.744 bits per heavy atom. The molecule has 1 heterocycles. The first-order chi connectivity index (χ1) is 20.9. The van der Waals surface area contributed by atoms with E-state index in [2.05, 4.69) is 31.8 Å². The van der Waals surface area contributed by atoms with Gasteiger partial charge in [-0.15, -0.1) is 0 Å². The number of anilines is 4. The van der Waals surface area contributed by atoms with Gasteiger partial charge in [-0.25, -0.2) is 4.79 Å². The van der Waals surface area contributed by atoms with Crippen molar-refractivity contribution in [2.24, 2.45) is 0 Å². The largest absolute Gasteiger partial charge is 0.495 e. The summed E-state index contributed by atoms with van der Waals surface area (Å²) in [6.45, 7) is 3.45. The van der Waals surface area contributed by atoms with Gasteiger partial charge in [0.2, 0.25) is 0 Å². The molecule has 0 bridgehead atoms. The predicted octanol–water partition coefficient (Wildman–Crippen LogP) is 6.95. The number of para-hydroxylation sites is 2. The first-order valence-corrected chi connectivity index (χ1v) is 14.8. The summed E-state index contributed by atoms with van der Waals surface area (Å²) in [4.78, 5) is 30.8. The van der Waals surface area contributed by atoms with Gasteiger partial charge >= 0.3 is 6.03 Å². The highest BCUT2D eigenvalue weighted by Gasteiger charge is 2.24. The topological polar surface area (TPSA) is 85.9 Å². The molecule has 8 nitrogen and oxygen atoms in total. The molecule has 0 atom stereocenters. The van der Waals surface area contributed by atoms with E-state index >= 15 is 0 Å². The monoisotopic (exact) mass is 617 g/mol. The van der Waals surface area contributed by atoms with Crippen molar-refractivity contribution in [2.45, 2.75) is 6.42 Å². The van der Waals surface area contributed by atoms with Crippen LogP contribution in [0.5, 0.6) is 5.75 Å². The SMILES string of the molecule is COc1ccccc1N1CCN(c2ccc(NC(=O)Nc3ccc(Cl)c(Cl)c3)cc2C(=O)NCCc2ccccc2)CC1. The van der Waals surface area contributed by atoms with Gasteiger partial charge in [0, 0.05) is 49.8 Å². The maximum absolute atomic E-state index is 13.5. The van der Waals surface area contributed by atoms with Crippen LogP contribution in [0.4, 0.5) is 27.5 Å². The van der Waals surface area contributed by atoms with Crippen molar-refractivity contribution >= 4 is 57.9 Å². The second-order valence-corrected chi connectivity index (χ2v) is 10.9. The lowest BCUT2D eigenvalue weighted by atomic mass is 10.1. The zero-order valence-corrected chi connectivity index (χ0v) is 25.3. The highest BCUT2D eigenvalue weighted by molar-refractivity contribution is 6.42. The second kappa shape index (κ2) is 14.2. The fraction of sp³-hybridized carbons (Fsp3) is 0.212. The predicted molar refractivity (Wildman–Crippen MR) is 175 cm³/mol. The van der Waals surface area contributed by atoms with E-state index in [-0.39, 0.29) is 5.91 Å². The van der Waals surface area contributed by atoms with Crippen molar-refractivity contribution in [1.82, 2.24) is 5.32 Å². The van der Waals surface area contributed by atoms with Gasteiger partial charge in [0.25, 0.3) is 5.91 Å². The molecule has 0 radical (unpaired) electrons. The zero-order valence-electron chi connectivity index (χ0n) is 23.8. The molecule has 0 spiro atoms. The molecule has 10 heteroatoms. The number of hydrogen-bond donors (Lipinski definition) is 3. The van der Waals surface area contributed by atoms with Crippen molar-refractivity contribution in [3.05, 3.63) is 112 Å². The van der Waals surface area contributed by atoms with E-state index in [1.54, 1.807) is 37.4 Å². The molecule has 3 amide bonds. The first kappa shape index (κ1) is 30.1. The number of nitrogens with one attached hydrogen (secondary N) is 3. The van der Waals surface area contributed by atoms with Crippen molar-refractivity contribution in [3.63, 3.8) is 0 Å². The number of ether oxygens (including phenoxy) is 1. The van der Waals surface area contributed by atoms with Crippen molar-refractivity contribution in [1.29, 1.82) is 0 Å². The van der Waals surface area contributed by atoms with E-state index in [0.717, 1.165) is 35.8 Å². The Hall–Kier alpha value is -4.40. The van der Waals surface area contributed by atoms with E-state index in [1.165, 1.54) is 0 Å². The van der Waals surface area contributed by atoms with Crippen molar-refractivity contribution in [3.8, 4) is 5.75 Å². The molecule has 3 N–H and O–H groups in total. The van der Waals surface area contributed by atoms with Crippen LogP contribution in [0.2, 0.25) is 10.0 Å². The van der Waals surface area contributed by atoms with Gasteiger partial charge in [-0.1, -0.05) is 65.7 Å². The molecule has 4 aromatic carbocycles. The summed E-state index contributed by atoms with van der Waals surface area (Å²) in [5, 5.41) is 9.37. The number of nitrogens with zero attached hydrogens (tertiary/aromatic N) is 2. The second-order valence-electron chi connectivity index (χ2n) is 10.1. The Balaban J connectivity index is 1.31. The highest BCUT2D eigenvalue weighted by Crippen LogP contribution is 2.31. The van der Waals surface area contributed by atoms with Crippen LogP contribution in [-0.2, 0) is 6.42 Å². The number of rotatable bonds is 9. The number of amides is 3. The quantitative estimate of drug-likeness (QED) is 0.189. The lowest BCUT2D eigenvalue weighted by molar-refractivity contribution is 0.0954. The van der Waals surface area contributed by atoms with Gasteiger partial charge in [0.1, 0.15) is 5.75 Å². The molecule has 4 aromatic rings. The number of carbonyl (C=O) groups is 2. The zero-order chi connectivity index (χ0) is 30.2. The van der Waals surface area contributed by atoms with Gasteiger partial charge in [-0.2, -0.15) is 0 Å². The minimum absolute atomic E-state index is 0.202. The van der Waals surface area contributed by atoms with E-state index in [4.69, 9.17) is 27.9 Å². The molecule has 1 aliphatic heterocycles. The summed E-state index contributed by atoms with van der Waals surface area (Å²) < 4.78 is 5.56. The van der Waals surface area contributed by atoms with Crippen LogP contribution in [0, 0.1) is 0 Å². The van der Waals surface area contributed by atoms with Crippen LogP contribution in [-0.4, -0.2) is 51.8 Å². The average Bonchev–Trinajstić information content (AvgIpc) is 3.03. The Labute approximate surface area is 261 Å². The van der Waals surface area contributed by atoms with Crippen LogP contribution in [0.1, 0.15) is 15.9 Å². The lowest BCUT2D eigenvalue weighted by Crippen LogP contribution is -2.47. The third kappa shape index (κ3) is 7.71. The van der Waals surface area contributed by atoms with Gasteiger partial charge in [0.05, 0.1) is 28.4 Å². The Morgan fingerprint density at radius 3 is 2.07 bits per heavy atom. The molecule has 222 valence electrons. The summed E-state index contributed by atoms with van der Waals surface area (Å²) in [5.74, 6) is 0.635. The number of urea groups is 1. The first-order valence-electron chi connectivity index (χ1n) is 14.0. The maximum Gasteiger partial charge on any atom is 0.323 e. The van der Waals surface area contributed by atoms with E-state index in [9.17, 15) is 9.59 Å². The lowest BCUT2D eigenvalue weighted by Gasteiger charge is -2.38. The third-order valence-electron chi connectivity index (χ3n) is 7.26. The number of piperazine rings is 1. The molecule has 0 aliphatic carbocycles. The standard InChI is InChI=1S/C33H33Cl2N5O3/c1-43-31-10-6-5-9-30(31)40-19-17-39(18-20-40)29-14-12-24(37-33(42)38-25-11-13-27(34)28(35)22-25)21-26(29)32(41)36-16-15-23-7-3-2-4-8-23/h2-14,21-22H,15-20H2,1H3,(H,36,41)(H2,37,38,42). The fourth-order valence-electron chi connectivity index (χ4n) is 5.08. The highest BCUT2D eigenvalue weighted by atomic mass is 35.5. The number of benzene rings is 4. The minimum atomic E-state index is -0.466. The summed E-state index contributed by atoms with van der Waals surface area (Å²) in [7, 11) is 1.68. The van der Waals surface area contributed by atoms with Gasteiger partial charge < -0.3 is 30.5 Å². The number of halogens is 2. The molecule has 0 aromatic heterocycles. The van der Waals surface area contributed by atoms with Crippen molar-refractivity contribution < 1.29 is 14.3 Å². The Bertz CT molecular complexity index is 1580. The van der Waals surface area contributed by atoms with E-state index < -0.39 is 6.03 Å². The minimum Gasteiger partial charge on any atom is -0.495 e. The Morgan fingerprint density at radius 2 is 1.37 bits per heavy atom. The van der Waals surface area contributed by atoms with Gasteiger partial charge in [-0.3, -0.25) is 4.79 Å². The molecule has 0 saturated carbocycles. The summed E-state index contributed by atoms with van der Waals surface area (Å²) in [5.41, 5.74) is 4.48.